The molecule has 11 heavy (non-hydrogen) atoms. The molecule has 5 heteroatoms. The smallest absolute Gasteiger partial charge is 0.216 e. The van der Waals surface area contributed by atoms with Gasteiger partial charge in [-0.2, -0.15) is 0 Å². The molecule has 70 valence electrons. The lowest BCUT2D eigenvalue weighted by Crippen LogP contribution is -2.23. The molecule has 3 nitrogen and oxygen atoms in total. The van der Waals surface area contributed by atoms with Gasteiger partial charge in [-0.1, -0.05) is 0 Å². The van der Waals surface area contributed by atoms with Crippen molar-refractivity contribution in [2.24, 2.45) is 0 Å². The molecule has 2 N–H and O–H groups in total. The highest BCUT2D eigenvalue weighted by molar-refractivity contribution is 5.85. The summed E-state index contributed by atoms with van der Waals surface area (Å²) >= 11 is 0. The molecule has 0 heterocycles. The second-order valence-corrected chi connectivity index (χ2v) is 1.94. The second kappa shape index (κ2) is 12.7. The zero-order valence-electron chi connectivity index (χ0n) is 6.85. The average Bonchev–Trinajstić information content (AvgIpc) is 1.80. The van der Waals surface area contributed by atoms with E-state index in [1.165, 1.54) is 6.92 Å². The van der Waals surface area contributed by atoms with Crippen LogP contribution in [0.2, 0.25) is 0 Å². The zero-order valence-corrected chi connectivity index (χ0v) is 8.48. The topological polar surface area (TPSA) is 41.1 Å². The molecule has 0 bridgehead atoms. The second-order valence-electron chi connectivity index (χ2n) is 1.94. The average molecular weight is 203 g/mol. The summed E-state index contributed by atoms with van der Waals surface area (Å²) in [6, 6.07) is 0. The Kier molecular flexibility index (Phi) is 19.8. The van der Waals surface area contributed by atoms with Crippen molar-refractivity contribution in [1.29, 1.82) is 0 Å². The predicted octanol–water partition coefficient (Wildman–Crippen LogP) is 0.576. The lowest BCUT2D eigenvalue weighted by molar-refractivity contribution is -0.118. The van der Waals surface area contributed by atoms with Gasteiger partial charge < -0.3 is 10.6 Å². The van der Waals surface area contributed by atoms with Crippen LogP contribution in [0.3, 0.4) is 0 Å². The van der Waals surface area contributed by atoms with Crippen molar-refractivity contribution in [2.75, 3.05) is 20.1 Å². The van der Waals surface area contributed by atoms with Crippen LogP contribution in [0.4, 0.5) is 0 Å². The van der Waals surface area contributed by atoms with E-state index in [1.807, 2.05) is 7.05 Å². The van der Waals surface area contributed by atoms with Gasteiger partial charge in [-0.05, 0) is 20.0 Å². The third-order valence-corrected chi connectivity index (χ3v) is 0.977. The Morgan fingerprint density at radius 1 is 1.27 bits per heavy atom. The number of halogens is 2. The van der Waals surface area contributed by atoms with Crippen LogP contribution in [0.1, 0.15) is 13.3 Å². The molecular weight excluding hydrogens is 187 g/mol. The van der Waals surface area contributed by atoms with Crippen molar-refractivity contribution in [3.05, 3.63) is 0 Å². The van der Waals surface area contributed by atoms with Crippen LogP contribution in [0.25, 0.3) is 0 Å². The Labute approximate surface area is 80.1 Å². The predicted molar refractivity (Wildman–Crippen MR) is 51.7 cm³/mol. The summed E-state index contributed by atoms with van der Waals surface area (Å²) < 4.78 is 0. The molecule has 0 saturated heterocycles. The van der Waals surface area contributed by atoms with Crippen LogP contribution in [-0.2, 0) is 4.79 Å². The summed E-state index contributed by atoms with van der Waals surface area (Å²) in [5.74, 6) is 0.0473. The summed E-state index contributed by atoms with van der Waals surface area (Å²) in [6.07, 6.45) is 0.996. The van der Waals surface area contributed by atoms with Gasteiger partial charge in [0, 0.05) is 13.5 Å². The lowest BCUT2D eigenvalue weighted by Gasteiger charge is -1.99. The molecule has 0 radical (unpaired) electrons. The summed E-state index contributed by atoms with van der Waals surface area (Å²) in [4.78, 5) is 10.3. The maximum absolute atomic E-state index is 10.3. The molecule has 0 rings (SSSR count). The number of carbonyl (C=O) groups is 1. The maximum Gasteiger partial charge on any atom is 0.216 e. The maximum atomic E-state index is 10.3. The van der Waals surface area contributed by atoms with E-state index in [0.29, 0.717) is 0 Å². The van der Waals surface area contributed by atoms with Crippen LogP contribution >= 0.6 is 24.8 Å². The van der Waals surface area contributed by atoms with Crippen LogP contribution < -0.4 is 10.6 Å². The number of carbonyl (C=O) groups excluding carboxylic acids is 1. The van der Waals surface area contributed by atoms with Crippen molar-refractivity contribution in [3.63, 3.8) is 0 Å². The minimum absolute atomic E-state index is 0. The van der Waals surface area contributed by atoms with Gasteiger partial charge in [0.15, 0.2) is 0 Å². The van der Waals surface area contributed by atoms with Crippen molar-refractivity contribution in [2.45, 2.75) is 13.3 Å². The molecule has 0 aliphatic rings. The summed E-state index contributed by atoms with van der Waals surface area (Å²) in [5.41, 5.74) is 0. The molecule has 0 saturated carbocycles. The minimum atomic E-state index is 0. The molecule has 0 aromatic rings. The van der Waals surface area contributed by atoms with Gasteiger partial charge in [-0.3, -0.25) is 4.79 Å². The molecule has 0 aromatic heterocycles. The van der Waals surface area contributed by atoms with E-state index in [2.05, 4.69) is 10.6 Å². The highest BCUT2D eigenvalue weighted by Gasteiger charge is 1.87. The Morgan fingerprint density at radius 3 is 2.18 bits per heavy atom. The van der Waals surface area contributed by atoms with Gasteiger partial charge in [0.2, 0.25) is 5.91 Å². The van der Waals surface area contributed by atoms with Crippen LogP contribution in [0.5, 0.6) is 0 Å². The largest absolute Gasteiger partial charge is 0.356 e. The van der Waals surface area contributed by atoms with Crippen molar-refractivity contribution < 1.29 is 4.79 Å². The fourth-order valence-electron chi connectivity index (χ4n) is 0.530. The molecule has 0 atom stereocenters. The lowest BCUT2D eigenvalue weighted by atomic mass is 10.4. The first-order valence-corrected chi connectivity index (χ1v) is 3.16. The van der Waals surface area contributed by atoms with Crippen molar-refractivity contribution in [1.82, 2.24) is 10.6 Å². The van der Waals surface area contributed by atoms with Crippen molar-refractivity contribution >= 4 is 30.7 Å². The van der Waals surface area contributed by atoms with Gasteiger partial charge >= 0.3 is 0 Å². The van der Waals surface area contributed by atoms with E-state index in [4.69, 9.17) is 0 Å². The van der Waals surface area contributed by atoms with Crippen LogP contribution in [0.15, 0.2) is 0 Å². The van der Waals surface area contributed by atoms with E-state index < -0.39 is 0 Å². The Bertz CT molecular complexity index is 90.7. The molecule has 1 amide bonds. The monoisotopic (exact) mass is 202 g/mol. The van der Waals surface area contributed by atoms with Gasteiger partial charge in [-0.15, -0.1) is 24.8 Å². The molecule has 0 spiro atoms. The number of amides is 1. The third kappa shape index (κ3) is 17.8. The number of nitrogens with one attached hydrogen (secondary N) is 2. The van der Waals surface area contributed by atoms with Gasteiger partial charge in [-0.25, -0.2) is 0 Å². The molecular formula is C6H16Cl2N2O. The van der Waals surface area contributed by atoms with Gasteiger partial charge in [0.1, 0.15) is 0 Å². The van der Waals surface area contributed by atoms with Crippen LogP contribution in [-0.4, -0.2) is 26.0 Å². The Balaban J connectivity index is -0.000000320. The van der Waals surface area contributed by atoms with Crippen molar-refractivity contribution in [3.8, 4) is 0 Å². The van der Waals surface area contributed by atoms with E-state index in [1.54, 1.807) is 0 Å². The summed E-state index contributed by atoms with van der Waals surface area (Å²) in [6.45, 7) is 3.26. The van der Waals surface area contributed by atoms with E-state index >= 15 is 0 Å². The normalized spacial score (nSPS) is 7.45. The van der Waals surface area contributed by atoms with Gasteiger partial charge in [0.05, 0.1) is 0 Å². The quantitative estimate of drug-likeness (QED) is 0.656. The first-order chi connectivity index (χ1) is 4.27. The number of hydrogen-bond acceptors (Lipinski definition) is 2. The Morgan fingerprint density at radius 2 is 1.82 bits per heavy atom. The first-order valence-electron chi connectivity index (χ1n) is 3.16. The Hall–Kier alpha value is 0.01000. The highest BCUT2D eigenvalue weighted by Crippen LogP contribution is 1.70. The standard InChI is InChI=1S/C6H14N2O.2ClH/c1-6(9)8-5-3-4-7-2;;/h7H,3-5H2,1-2H3,(H,8,9);2*1H. The van der Waals surface area contributed by atoms with E-state index in [-0.39, 0.29) is 30.7 Å². The van der Waals surface area contributed by atoms with E-state index in [0.717, 1.165) is 19.5 Å². The minimum Gasteiger partial charge on any atom is -0.356 e. The molecule has 0 aliphatic carbocycles. The SMILES string of the molecule is CNCCCNC(C)=O.Cl.Cl. The van der Waals surface area contributed by atoms with E-state index in [9.17, 15) is 4.79 Å². The summed E-state index contributed by atoms with van der Waals surface area (Å²) in [7, 11) is 1.90. The molecule has 0 fully saturated rings. The molecule has 0 unspecified atom stereocenters. The number of hydrogen-bond donors (Lipinski definition) is 2. The fourth-order valence-corrected chi connectivity index (χ4v) is 0.530. The molecule has 0 aliphatic heterocycles. The first kappa shape index (κ1) is 17.2. The third-order valence-electron chi connectivity index (χ3n) is 0.977. The zero-order chi connectivity index (χ0) is 7.11. The highest BCUT2D eigenvalue weighted by atomic mass is 35.5. The van der Waals surface area contributed by atoms with Crippen LogP contribution in [0, 0.1) is 0 Å². The summed E-state index contributed by atoms with van der Waals surface area (Å²) in [5, 5.41) is 5.69. The molecule has 0 aromatic carbocycles. The fraction of sp³-hybridized carbons (Fsp3) is 0.833. The van der Waals surface area contributed by atoms with Gasteiger partial charge in [0.25, 0.3) is 0 Å². The number of rotatable bonds is 4.